The van der Waals surface area contributed by atoms with Crippen molar-refractivity contribution >= 4 is 39.1 Å². The van der Waals surface area contributed by atoms with Crippen LogP contribution in [0.1, 0.15) is 17.2 Å². The number of hydrogen-bond acceptors (Lipinski definition) is 6. The third-order valence-electron chi connectivity index (χ3n) is 5.21. The summed E-state index contributed by atoms with van der Waals surface area (Å²) in [6.45, 7) is 0. The number of nitrogens with zero attached hydrogens (tertiary/aromatic N) is 2. The number of methoxy groups -OCH3 is 2. The van der Waals surface area contributed by atoms with Crippen molar-refractivity contribution in [3.05, 3.63) is 88.2 Å². The average Bonchev–Trinajstić information content (AvgIpc) is 3.09. The normalized spacial score (nSPS) is 17.5. The lowest BCUT2D eigenvalue weighted by Gasteiger charge is -2.25. The Morgan fingerprint density at radius 1 is 1.03 bits per heavy atom. The number of amides is 1. The van der Waals surface area contributed by atoms with Gasteiger partial charge in [-0.25, -0.2) is 0 Å². The molecule has 1 N–H and O–H groups in total. The molecule has 0 radical (unpaired) electrons. The van der Waals surface area contributed by atoms with E-state index >= 15 is 0 Å². The molecule has 0 saturated carbocycles. The molecule has 1 fully saturated rings. The molecule has 162 valence electrons. The minimum atomic E-state index is -0.886. The van der Waals surface area contributed by atoms with Crippen molar-refractivity contribution in [2.24, 2.45) is 0 Å². The highest BCUT2D eigenvalue weighted by Crippen LogP contribution is 2.43. The van der Waals surface area contributed by atoms with E-state index in [0.29, 0.717) is 28.3 Å². The average molecular weight is 495 g/mol. The second kappa shape index (κ2) is 8.84. The van der Waals surface area contributed by atoms with E-state index in [0.717, 1.165) is 4.47 Å². The smallest absolute Gasteiger partial charge is 0.300 e. The highest BCUT2D eigenvalue weighted by molar-refractivity contribution is 9.10. The summed E-state index contributed by atoms with van der Waals surface area (Å²) in [5, 5.41) is 11.1. The number of aliphatic hydroxyl groups is 1. The second-order valence-corrected chi connectivity index (χ2v) is 7.92. The number of ketones is 1. The van der Waals surface area contributed by atoms with Crippen LogP contribution in [0, 0.1) is 0 Å². The van der Waals surface area contributed by atoms with Crippen molar-refractivity contribution < 1.29 is 24.2 Å². The van der Waals surface area contributed by atoms with E-state index in [4.69, 9.17) is 9.47 Å². The summed E-state index contributed by atoms with van der Waals surface area (Å²) in [4.78, 5) is 31.7. The molecular weight excluding hydrogens is 476 g/mol. The first-order chi connectivity index (χ1) is 15.5. The van der Waals surface area contributed by atoms with Gasteiger partial charge in [-0.05, 0) is 42.0 Å². The predicted octanol–water partition coefficient (Wildman–Crippen LogP) is 4.49. The number of anilines is 1. The fourth-order valence-corrected chi connectivity index (χ4v) is 3.96. The van der Waals surface area contributed by atoms with Crippen LogP contribution in [0.25, 0.3) is 5.76 Å². The first kappa shape index (κ1) is 21.6. The molecule has 1 aliphatic rings. The Labute approximate surface area is 193 Å². The summed E-state index contributed by atoms with van der Waals surface area (Å²) in [7, 11) is 3.02. The molecule has 1 unspecified atom stereocenters. The van der Waals surface area contributed by atoms with E-state index in [2.05, 4.69) is 20.9 Å². The zero-order valence-electron chi connectivity index (χ0n) is 17.3. The van der Waals surface area contributed by atoms with Crippen molar-refractivity contribution in [3.63, 3.8) is 0 Å². The summed E-state index contributed by atoms with van der Waals surface area (Å²) in [6, 6.07) is 14.4. The second-order valence-electron chi connectivity index (χ2n) is 7.00. The van der Waals surface area contributed by atoms with Gasteiger partial charge in [0.25, 0.3) is 11.7 Å². The van der Waals surface area contributed by atoms with Gasteiger partial charge in [0.15, 0.2) is 11.5 Å². The first-order valence-corrected chi connectivity index (χ1v) is 10.4. The summed E-state index contributed by atoms with van der Waals surface area (Å²) < 4.78 is 11.5. The number of Topliss-reactive ketones (excluding diaryl/α,β-unsaturated/α-hetero) is 1. The van der Waals surface area contributed by atoms with E-state index in [1.54, 1.807) is 60.8 Å². The largest absolute Gasteiger partial charge is 0.507 e. The van der Waals surface area contributed by atoms with Gasteiger partial charge in [-0.1, -0.05) is 34.1 Å². The Kier molecular flexibility index (Phi) is 5.96. The van der Waals surface area contributed by atoms with Gasteiger partial charge in [-0.15, -0.1) is 0 Å². The number of pyridine rings is 1. The lowest BCUT2D eigenvalue weighted by Crippen LogP contribution is -2.29. The summed E-state index contributed by atoms with van der Waals surface area (Å²) >= 11 is 3.36. The van der Waals surface area contributed by atoms with E-state index in [1.165, 1.54) is 25.3 Å². The molecule has 3 aromatic rings. The van der Waals surface area contributed by atoms with Crippen LogP contribution in [0.2, 0.25) is 0 Å². The summed E-state index contributed by atoms with van der Waals surface area (Å²) in [5.41, 5.74) is 1.41. The molecule has 7 nitrogen and oxygen atoms in total. The third kappa shape index (κ3) is 3.73. The SMILES string of the molecule is COc1ccc(C2/C(=C(/O)c3ccc(Br)cc3)C(=O)C(=O)N2c2cccnc2)cc1OC. The molecule has 1 amide bonds. The fraction of sp³-hybridized carbons (Fsp3) is 0.125. The standard InChI is InChI=1S/C24H19BrN2O5/c1-31-18-10-7-15(12-19(18)32-2)21-20(22(28)14-5-8-16(25)9-6-14)23(29)24(30)27(21)17-4-3-11-26-13-17/h3-13,21,28H,1-2H3/b22-20-. The number of halogens is 1. The van der Waals surface area contributed by atoms with Crippen LogP contribution >= 0.6 is 15.9 Å². The van der Waals surface area contributed by atoms with Crippen molar-refractivity contribution in [3.8, 4) is 11.5 Å². The minimum Gasteiger partial charge on any atom is -0.507 e. The van der Waals surface area contributed by atoms with Gasteiger partial charge >= 0.3 is 0 Å². The molecule has 8 heteroatoms. The summed E-state index contributed by atoms with van der Waals surface area (Å²) in [6.07, 6.45) is 3.08. The predicted molar refractivity (Wildman–Crippen MR) is 123 cm³/mol. The molecule has 32 heavy (non-hydrogen) atoms. The lowest BCUT2D eigenvalue weighted by atomic mass is 9.95. The molecule has 0 bridgehead atoms. The molecule has 1 atom stereocenters. The number of rotatable bonds is 5. The lowest BCUT2D eigenvalue weighted by molar-refractivity contribution is -0.132. The zero-order valence-corrected chi connectivity index (χ0v) is 18.9. The van der Waals surface area contributed by atoms with Crippen LogP contribution in [-0.2, 0) is 9.59 Å². The molecule has 2 aromatic carbocycles. The number of aliphatic hydroxyl groups excluding tert-OH is 1. The minimum absolute atomic E-state index is 0.0200. The maximum absolute atomic E-state index is 13.1. The number of benzene rings is 2. The van der Waals surface area contributed by atoms with E-state index in [-0.39, 0.29) is 11.3 Å². The topological polar surface area (TPSA) is 89.0 Å². The van der Waals surface area contributed by atoms with E-state index in [9.17, 15) is 14.7 Å². The first-order valence-electron chi connectivity index (χ1n) is 9.65. The number of carbonyl (C=O) groups is 2. The molecule has 0 aliphatic carbocycles. The van der Waals surface area contributed by atoms with Gasteiger partial charge in [0.05, 0.1) is 37.7 Å². The molecule has 4 rings (SSSR count). The quantitative estimate of drug-likeness (QED) is 0.319. The van der Waals surface area contributed by atoms with Gasteiger partial charge in [0, 0.05) is 16.2 Å². The van der Waals surface area contributed by atoms with Gasteiger partial charge in [-0.2, -0.15) is 0 Å². The molecule has 2 heterocycles. The Bertz CT molecular complexity index is 1210. The molecule has 1 aliphatic heterocycles. The van der Waals surface area contributed by atoms with Crippen LogP contribution in [0.15, 0.2) is 77.0 Å². The van der Waals surface area contributed by atoms with Crippen molar-refractivity contribution in [1.29, 1.82) is 0 Å². The Morgan fingerprint density at radius 3 is 2.38 bits per heavy atom. The Balaban J connectivity index is 1.96. The Morgan fingerprint density at radius 2 is 1.75 bits per heavy atom. The third-order valence-corrected chi connectivity index (χ3v) is 5.74. The number of ether oxygens (including phenoxy) is 2. The van der Waals surface area contributed by atoms with Crippen LogP contribution < -0.4 is 14.4 Å². The fourth-order valence-electron chi connectivity index (χ4n) is 3.70. The number of carbonyl (C=O) groups excluding carboxylic acids is 2. The van der Waals surface area contributed by atoms with Gasteiger partial charge in [0.2, 0.25) is 0 Å². The van der Waals surface area contributed by atoms with Crippen LogP contribution in [0.4, 0.5) is 5.69 Å². The maximum Gasteiger partial charge on any atom is 0.300 e. The molecule has 1 aromatic heterocycles. The highest BCUT2D eigenvalue weighted by Gasteiger charge is 2.47. The van der Waals surface area contributed by atoms with Crippen LogP contribution in [0.5, 0.6) is 11.5 Å². The van der Waals surface area contributed by atoms with Crippen LogP contribution in [0.3, 0.4) is 0 Å². The molecule has 0 spiro atoms. The summed E-state index contributed by atoms with van der Waals surface area (Å²) in [5.74, 6) is -0.861. The maximum atomic E-state index is 13.1. The van der Waals surface area contributed by atoms with E-state index in [1.807, 2.05) is 0 Å². The van der Waals surface area contributed by atoms with Gasteiger partial charge in [0.1, 0.15) is 5.76 Å². The molecule has 1 saturated heterocycles. The van der Waals surface area contributed by atoms with Gasteiger partial charge in [-0.3, -0.25) is 19.5 Å². The molecular formula is C24H19BrN2O5. The zero-order chi connectivity index (χ0) is 22.8. The monoisotopic (exact) mass is 494 g/mol. The number of hydrogen-bond donors (Lipinski definition) is 1. The van der Waals surface area contributed by atoms with Crippen molar-refractivity contribution in [1.82, 2.24) is 4.98 Å². The van der Waals surface area contributed by atoms with Crippen LogP contribution in [-0.4, -0.2) is 36.0 Å². The van der Waals surface area contributed by atoms with E-state index < -0.39 is 17.7 Å². The highest BCUT2D eigenvalue weighted by atomic mass is 79.9. The Hall–Kier alpha value is -3.65. The number of aromatic nitrogens is 1. The van der Waals surface area contributed by atoms with Gasteiger partial charge < -0.3 is 14.6 Å². The van der Waals surface area contributed by atoms with Crippen molar-refractivity contribution in [2.75, 3.05) is 19.1 Å². The van der Waals surface area contributed by atoms with Crippen molar-refractivity contribution in [2.45, 2.75) is 6.04 Å².